The molecule has 0 aromatic rings. The highest BCUT2D eigenvalue weighted by Crippen LogP contribution is 2.04. The maximum atomic E-state index is 5.07. The zero-order chi connectivity index (χ0) is 15.9. The Morgan fingerprint density at radius 1 is 1.10 bits per heavy atom. The molecule has 0 heterocycles. The van der Waals surface area contributed by atoms with Gasteiger partial charge < -0.3 is 20.3 Å². The molecule has 5 nitrogen and oxygen atoms in total. The predicted octanol–water partition coefficient (Wildman–Crippen LogP) is 1.95. The number of likely N-dealkylation sites (N-methyl/N-ethyl adjacent to an activating group) is 1. The van der Waals surface area contributed by atoms with Crippen LogP contribution < -0.4 is 10.6 Å². The van der Waals surface area contributed by atoms with Gasteiger partial charge in [-0.15, -0.1) is 0 Å². The number of nitrogens with zero attached hydrogens (tertiary/aromatic N) is 2. The predicted molar refractivity (Wildman–Crippen MR) is 92.0 cm³/mol. The third-order valence-electron chi connectivity index (χ3n) is 3.41. The van der Waals surface area contributed by atoms with Gasteiger partial charge in [0.1, 0.15) is 0 Å². The van der Waals surface area contributed by atoms with Crippen molar-refractivity contribution in [3.63, 3.8) is 0 Å². The monoisotopic (exact) mass is 300 g/mol. The van der Waals surface area contributed by atoms with Gasteiger partial charge in [0, 0.05) is 33.8 Å². The molecule has 0 bridgehead atoms. The Bertz CT molecular complexity index is 257. The fourth-order valence-corrected chi connectivity index (χ4v) is 2.02. The van der Waals surface area contributed by atoms with Gasteiger partial charge in [0.15, 0.2) is 5.96 Å². The highest BCUT2D eigenvalue weighted by Gasteiger charge is 2.00. The lowest BCUT2D eigenvalue weighted by Crippen LogP contribution is -2.39. The van der Waals surface area contributed by atoms with Crippen LogP contribution in [-0.2, 0) is 4.74 Å². The highest BCUT2D eigenvalue weighted by atomic mass is 16.5. The van der Waals surface area contributed by atoms with Gasteiger partial charge in [0.25, 0.3) is 0 Å². The fourth-order valence-electron chi connectivity index (χ4n) is 2.02. The quantitative estimate of drug-likeness (QED) is 0.328. The standard InChI is InChI=1S/C16H36N4O/c1-15(2)9-6-7-10-18-16(17-3)19-11-8-12-20(4)13-14-21-5/h15H,6-14H2,1-5H3,(H2,17,18,19). The first-order valence-corrected chi connectivity index (χ1v) is 8.22. The first kappa shape index (κ1) is 20.2. The molecule has 0 saturated carbocycles. The Morgan fingerprint density at radius 3 is 2.33 bits per heavy atom. The number of nitrogens with one attached hydrogen (secondary N) is 2. The molecule has 0 aromatic heterocycles. The van der Waals surface area contributed by atoms with Gasteiger partial charge in [-0.2, -0.15) is 0 Å². The largest absolute Gasteiger partial charge is 0.383 e. The summed E-state index contributed by atoms with van der Waals surface area (Å²) in [4.78, 5) is 6.53. The Kier molecular flexibility index (Phi) is 13.6. The number of hydrogen-bond acceptors (Lipinski definition) is 3. The van der Waals surface area contributed by atoms with Gasteiger partial charge in [-0.25, -0.2) is 0 Å². The average Bonchev–Trinajstić information content (AvgIpc) is 2.46. The maximum Gasteiger partial charge on any atom is 0.190 e. The fraction of sp³-hybridized carbons (Fsp3) is 0.938. The van der Waals surface area contributed by atoms with Crippen LogP contribution in [0.5, 0.6) is 0 Å². The lowest BCUT2D eigenvalue weighted by Gasteiger charge is -2.17. The molecule has 0 aliphatic rings. The molecular formula is C16H36N4O. The van der Waals surface area contributed by atoms with Crippen molar-refractivity contribution >= 4 is 5.96 Å². The molecule has 2 N–H and O–H groups in total. The molecular weight excluding hydrogens is 264 g/mol. The second-order valence-electron chi connectivity index (χ2n) is 5.97. The molecule has 0 spiro atoms. The van der Waals surface area contributed by atoms with Gasteiger partial charge in [-0.1, -0.05) is 26.7 Å². The van der Waals surface area contributed by atoms with Crippen LogP contribution in [0.3, 0.4) is 0 Å². The van der Waals surface area contributed by atoms with Crippen LogP contribution in [0.4, 0.5) is 0 Å². The molecule has 126 valence electrons. The average molecular weight is 300 g/mol. The number of hydrogen-bond donors (Lipinski definition) is 2. The summed E-state index contributed by atoms with van der Waals surface area (Å²) < 4.78 is 5.07. The second kappa shape index (κ2) is 14.1. The Hall–Kier alpha value is -0.810. The van der Waals surface area contributed by atoms with Crippen molar-refractivity contribution < 1.29 is 4.74 Å². The Labute approximate surface area is 131 Å². The van der Waals surface area contributed by atoms with Gasteiger partial charge in [0.2, 0.25) is 0 Å². The zero-order valence-corrected chi connectivity index (χ0v) is 14.7. The second-order valence-corrected chi connectivity index (χ2v) is 5.97. The lowest BCUT2D eigenvalue weighted by atomic mass is 10.1. The van der Waals surface area contributed by atoms with E-state index in [2.05, 4.69) is 41.4 Å². The summed E-state index contributed by atoms with van der Waals surface area (Å²) in [5, 5.41) is 6.73. The van der Waals surface area contributed by atoms with Crippen LogP contribution in [0.25, 0.3) is 0 Å². The first-order chi connectivity index (χ1) is 10.1. The van der Waals surface area contributed by atoms with Crippen LogP contribution in [0.2, 0.25) is 0 Å². The molecule has 21 heavy (non-hydrogen) atoms. The van der Waals surface area contributed by atoms with Gasteiger partial charge in [-0.05, 0) is 32.4 Å². The van der Waals surface area contributed by atoms with E-state index in [4.69, 9.17) is 4.74 Å². The molecule has 0 aliphatic carbocycles. The lowest BCUT2D eigenvalue weighted by molar-refractivity contribution is 0.161. The molecule has 0 saturated heterocycles. The summed E-state index contributed by atoms with van der Waals surface area (Å²) >= 11 is 0. The molecule has 0 rings (SSSR count). The van der Waals surface area contributed by atoms with Gasteiger partial charge >= 0.3 is 0 Å². The zero-order valence-electron chi connectivity index (χ0n) is 14.7. The third kappa shape index (κ3) is 13.9. The van der Waals surface area contributed by atoms with Crippen LogP contribution in [0.15, 0.2) is 4.99 Å². The van der Waals surface area contributed by atoms with Crippen molar-refractivity contribution in [3.8, 4) is 0 Å². The molecule has 0 aliphatic heterocycles. The van der Waals surface area contributed by atoms with Crippen LogP contribution >= 0.6 is 0 Å². The van der Waals surface area contributed by atoms with Crippen LogP contribution in [-0.4, -0.2) is 64.9 Å². The van der Waals surface area contributed by atoms with Crippen molar-refractivity contribution in [2.45, 2.75) is 39.5 Å². The van der Waals surface area contributed by atoms with E-state index in [0.29, 0.717) is 0 Å². The number of ether oxygens (including phenoxy) is 1. The summed E-state index contributed by atoms with van der Waals surface area (Å²) in [5.41, 5.74) is 0. The minimum absolute atomic E-state index is 0.795. The van der Waals surface area contributed by atoms with Crippen LogP contribution in [0.1, 0.15) is 39.5 Å². The summed E-state index contributed by atoms with van der Waals surface area (Å²) in [6.07, 6.45) is 4.90. The molecule has 0 radical (unpaired) electrons. The van der Waals surface area contributed by atoms with E-state index in [1.165, 1.54) is 19.3 Å². The maximum absolute atomic E-state index is 5.07. The number of rotatable bonds is 12. The van der Waals surface area contributed by atoms with E-state index in [0.717, 1.165) is 51.1 Å². The minimum Gasteiger partial charge on any atom is -0.383 e. The van der Waals surface area contributed by atoms with E-state index in [1.807, 2.05) is 7.05 Å². The van der Waals surface area contributed by atoms with E-state index < -0.39 is 0 Å². The number of aliphatic imine (C=N–C) groups is 1. The minimum atomic E-state index is 0.795. The smallest absolute Gasteiger partial charge is 0.190 e. The summed E-state index contributed by atoms with van der Waals surface area (Å²) in [7, 11) is 5.70. The Morgan fingerprint density at radius 2 is 1.76 bits per heavy atom. The third-order valence-corrected chi connectivity index (χ3v) is 3.41. The van der Waals surface area contributed by atoms with E-state index in [9.17, 15) is 0 Å². The molecule has 0 unspecified atom stereocenters. The molecule has 0 amide bonds. The molecule has 0 aromatic carbocycles. The highest BCUT2D eigenvalue weighted by molar-refractivity contribution is 5.79. The van der Waals surface area contributed by atoms with Gasteiger partial charge in [0.05, 0.1) is 6.61 Å². The normalized spacial score (nSPS) is 12.2. The first-order valence-electron chi connectivity index (χ1n) is 8.22. The Balaban J connectivity index is 3.53. The topological polar surface area (TPSA) is 48.9 Å². The van der Waals surface area contributed by atoms with E-state index in [1.54, 1.807) is 7.11 Å². The number of methoxy groups -OCH3 is 1. The van der Waals surface area contributed by atoms with E-state index in [-0.39, 0.29) is 0 Å². The molecule has 0 fully saturated rings. The SMILES string of the molecule is CN=C(NCCCCC(C)C)NCCCN(C)CCOC. The van der Waals surface area contributed by atoms with Crippen molar-refractivity contribution in [2.75, 3.05) is 54.0 Å². The molecule has 5 heteroatoms. The van der Waals surface area contributed by atoms with Crippen molar-refractivity contribution in [3.05, 3.63) is 0 Å². The molecule has 0 atom stereocenters. The van der Waals surface area contributed by atoms with Crippen LogP contribution in [0, 0.1) is 5.92 Å². The summed E-state index contributed by atoms with van der Waals surface area (Å²) in [6, 6.07) is 0. The van der Waals surface area contributed by atoms with E-state index >= 15 is 0 Å². The summed E-state index contributed by atoms with van der Waals surface area (Å²) in [6.45, 7) is 9.35. The summed E-state index contributed by atoms with van der Waals surface area (Å²) in [5.74, 6) is 1.72. The van der Waals surface area contributed by atoms with Crippen molar-refractivity contribution in [2.24, 2.45) is 10.9 Å². The number of unbranched alkanes of at least 4 members (excludes halogenated alkanes) is 1. The van der Waals surface area contributed by atoms with Gasteiger partial charge in [-0.3, -0.25) is 4.99 Å². The van der Waals surface area contributed by atoms with Crippen molar-refractivity contribution in [1.82, 2.24) is 15.5 Å². The van der Waals surface area contributed by atoms with Crippen molar-refractivity contribution in [1.29, 1.82) is 0 Å². The number of guanidine groups is 1.